The SMILES string of the molecule is Cc1ccc(-n2nc(C(C)(C)C)cc2NC(=O)CN(C)C(=O)Nc2ccccc2C(F)(F)F)c(C)c1. The van der Waals surface area contributed by atoms with E-state index in [4.69, 9.17) is 5.10 Å². The number of carbonyl (C=O) groups is 2. The zero-order valence-corrected chi connectivity index (χ0v) is 21.1. The number of aryl methyl sites for hydroxylation is 2. The van der Waals surface area contributed by atoms with Crippen LogP contribution in [0.25, 0.3) is 5.69 Å². The first-order valence-electron chi connectivity index (χ1n) is 11.3. The fourth-order valence-electron chi connectivity index (χ4n) is 3.58. The van der Waals surface area contributed by atoms with Gasteiger partial charge < -0.3 is 15.5 Å². The van der Waals surface area contributed by atoms with Crippen LogP contribution in [0.15, 0.2) is 48.5 Å². The molecule has 3 rings (SSSR count). The quantitative estimate of drug-likeness (QED) is 0.456. The van der Waals surface area contributed by atoms with Crippen molar-refractivity contribution in [2.75, 3.05) is 24.2 Å². The van der Waals surface area contributed by atoms with Gasteiger partial charge in [0.15, 0.2) is 0 Å². The van der Waals surface area contributed by atoms with Crippen LogP contribution >= 0.6 is 0 Å². The van der Waals surface area contributed by atoms with Crippen molar-refractivity contribution in [2.24, 2.45) is 0 Å². The van der Waals surface area contributed by atoms with Crippen molar-refractivity contribution in [1.29, 1.82) is 0 Å². The van der Waals surface area contributed by atoms with Gasteiger partial charge >= 0.3 is 12.2 Å². The first-order chi connectivity index (χ1) is 16.7. The minimum atomic E-state index is -4.63. The molecule has 36 heavy (non-hydrogen) atoms. The average molecular weight is 502 g/mol. The van der Waals surface area contributed by atoms with Gasteiger partial charge in [0, 0.05) is 18.5 Å². The van der Waals surface area contributed by atoms with Crippen molar-refractivity contribution < 1.29 is 22.8 Å². The topological polar surface area (TPSA) is 79.3 Å². The number of amides is 3. The second-order valence-electron chi connectivity index (χ2n) is 9.74. The Labute approximate surface area is 208 Å². The fraction of sp³-hybridized carbons (Fsp3) is 0.346. The fourth-order valence-corrected chi connectivity index (χ4v) is 3.58. The summed E-state index contributed by atoms with van der Waals surface area (Å²) < 4.78 is 41.3. The van der Waals surface area contributed by atoms with E-state index in [0.29, 0.717) is 5.82 Å². The van der Waals surface area contributed by atoms with Crippen LogP contribution in [0.3, 0.4) is 0 Å². The van der Waals surface area contributed by atoms with E-state index in [2.05, 4.69) is 10.6 Å². The zero-order chi connectivity index (χ0) is 26.8. The van der Waals surface area contributed by atoms with Crippen LogP contribution < -0.4 is 10.6 Å². The maximum absolute atomic E-state index is 13.2. The van der Waals surface area contributed by atoms with Gasteiger partial charge in [0.2, 0.25) is 5.91 Å². The van der Waals surface area contributed by atoms with E-state index >= 15 is 0 Å². The smallest absolute Gasteiger partial charge is 0.318 e. The molecular weight excluding hydrogens is 471 g/mol. The molecule has 2 N–H and O–H groups in total. The molecule has 3 aromatic rings. The maximum atomic E-state index is 13.2. The highest BCUT2D eigenvalue weighted by atomic mass is 19.4. The Morgan fingerprint density at radius 2 is 1.67 bits per heavy atom. The number of rotatable bonds is 5. The van der Waals surface area contributed by atoms with Crippen LogP contribution in [0.5, 0.6) is 0 Å². The summed E-state index contributed by atoms with van der Waals surface area (Å²) in [5.74, 6) is -0.101. The molecule has 0 aliphatic heterocycles. The number of carbonyl (C=O) groups excluding carboxylic acids is 2. The summed E-state index contributed by atoms with van der Waals surface area (Å²) >= 11 is 0. The highest BCUT2D eigenvalue weighted by Gasteiger charge is 2.34. The largest absolute Gasteiger partial charge is 0.418 e. The molecule has 7 nitrogen and oxygen atoms in total. The van der Waals surface area contributed by atoms with Crippen LogP contribution in [-0.2, 0) is 16.4 Å². The van der Waals surface area contributed by atoms with Crippen molar-refractivity contribution in [1.82, 2.24) is 14.7 Å². The first kappa shape index (κ1) is 26.8. The van der Waals surface area contributed by atoms with E-state index in [1.165, 1.54) is 19.2 Å². The summed E-state index contributed by atoms with van der Waals surface area (Å²) in [5, 5.41) is 9.72. The number of para-hydroxylation sites is 1. The molecule has 2 aromatic carbocycles. The van der Waals surface area contributed by atoms with Gasteiger partial charge in [-0.3, -0.25) is 4.79 Å². The third-order valence-electron chi connectivity index (χ3n) is 5.53. The van der Waals surface area contributed by atoms with Gasteiger partial charge in [-0.25, -0.2) is 9.48 Å². The van der Waals surface area contributed by atoms with Crippen LogP contribution in [-0.4, -0.2) is 40.2 Å². The van der Waals surface area contributed by atoms with E-state index in [0.717, 1.165) is 39.5 Å². The van der Waals surface area contributed by atoms with E-state index in [1.54, 1.807) is 10.7 Å². The third-order valence-corrected chi connectivity index (χ3v) is 5.53. The number of urea groups is 1. The molecule has 192 valence electrons. The van der Waals surface area contributed by atoms with E-state index in [9.17, 15) is 22.8 Å². The van der Waals surface area contributed by atoms with Crippen LogP contribution in [0.2, 0.25) is 0 Å². The predicted molar refractivity (Wildman–Crippen MR) is 133 cm³/mol. The van der Waals surface area contributed by atoms with Crippen LogP contribution in [0.1, 0.15) is 43.2 Å². The molecule has 0 bridgehead atoms. The second kappa shape index (κ2) is 10.0. The number of anilines is 2. The Morgan fingerprint density at radius 1 is 1.00 bits per heavy atom. The van der Waals surface area contributed by atoms with E-state index in [-0.39, 0.29) is 17.6 Å². The number of nitrogens with one attached hydrogen (secondary N) is 2. The Bertz CT molecular complexity index is 1280. The lowest BCUT2D eigenvalue weighted by Crippen LogP contribution is -2.38. The standard InChI is InChI=1S/C26H30F3N5O2/c1-16-11-12-20(17(2)13-16)34-22(14-21(32-34)25(3,4)5)31-23(35)15-33(6)24(36)30-19-10-8-7-9-18(19)26(27,28)29/h7-14H,15H2,1-6H3,(H,30,36)(H,31,35). The summed E-state index contributed by atoms with van der Waals surface area (Å²) in [5.41, 5.74) is 1.96. The zero-order valence-electron chi connectivity index (χ0n) is 21.1. The molecule has 0 spiro atoms. The Morgan fingerprint density at radius 3 is 2.28 bits per heavy atom. The molecule has 0 unspecified atom stereocenters. The Hall–Kier alpha value is -3.82. The van der Waals surface area contributed by atoms with Crippen molar-refractivity contribution in [3.8, 4) is 5.69 Å². The van der Waals surface area contributed by atoms with Gasteiger partial charge in [-0.05, 0) is 37.6 Å². The average Bonchev–Trinajstić information content (AvgIpc) is 3.17. The molecule has 3 amide bonds. The number of likely N-dealkylation sites (N-methyl/N-ethyl adjacent to an activating group) is 1. The van der Waals surface area contributed by atoms with Gasteiger partial charge in [0.1, 0.15) is 12.4 Å². The molecule has 0 radical (unpaired) electrons. The van der Waals surface area contributed by atoms with Gasteiger partial charge in [0.05, 0.1) is 22.6 Å². The molecule has 1 heterocycles. The number of aromatic nitrogens is 2. The van der Waals surface area contributed by atoms with Crippen molar-refractivity contribution in [3.63, 3.8) is 0 Å². The number of hydrogen-bond donors (Lipinski definition) is 2. The lowest BCUT2D eigenvalue weighted by atomic mass is 9.92. The molecule has 0 aliphatic rings. The summed E-state index contributed by atoms with van der Waals surface area (Å²) in [6, 6.07) is 11.5. The summed E-state index contributed by atoms with van der Waals surface area (Å²) in [6.07, 6.45) is -4.63. The molecule has 0 aliphatic carbocycles. The number of benzene rings is 2. The lowest BCUT2D eigenvalue weighted by Gasteiger charge is -2.20. The lowest BCUT2D eigenvalue weighted by molar-refractivity contribution is -0.137. The van der Waals surface area contributed by atoms with Gasteiger partial charge in [-0.1, -0.05) is 50.6 Å². The first-order valence-corrected chi connectivity index (χ1v) is 11.3. The highest BCUT2D eigenvalue weighted by molar-refractivity contribution is 5.97. The predicted octanol–water partition coefficient (Wildman–Crippen LogP) is 5.91. The van der Waals surface area contributed by atoms with Crippen LogP contribution in [0.4, 0.5) is 29.5 Å². The van der Waals surface area contributed by atoms with E-state index in [1.807, 2.05) is 52.8 Å². The van der Waals surface area contributed by atoms with Gasteiger partial charge in [-0.15, -0.1) is 0 Å². The molecule has 0 saturated heterocycles. The summed E-state index contributed by atoms with van der Waals surface area (Å²) in [6.45, 7) is 9.56. The highest BCUT2D eigenvalue weighted by Crippen LogP contribution is 2.34. The van der Waals surface area contributed by atoms with Crippen LogP contribution in [0, 0.1) is 13.8 Å². The molecule has 0 atom stereocenters. The number of hydrogen-bond acceptors (Lipinski definition) is 3. The van der Waals surface area contributed by atoms with Gasteiger partial charge in [0.25, 0.3) is 0 Å². The van der Waals surface area contributed by atoms with E-state index < -0.39 is 23.7 Å². The van der Waals surface area contributed by atoms with Crippen molar-refractivity contribution in [3.05, 3.63) is 70.9 Å². The molecule has 0 saturated carbocycles. The maximum Gasteiger partial charge on any atom is 0.418 e. The molecular formula is C26H30F3N5O2. The monoisotopic (exact) mass is 501 g/mol. The number of nitrogens with zero attached hydrogens (tertiary/aromatic N) is 3. The van der Waals surface area contributed by atoms with Crippen molar-refractivity contribution in [2.45, 2.75) is 46.2 Å². The number of alkyl halides is 3. The minimum absolute atomic E-state index is 0.286. The second-order valence-corrected chi connectivity index (χ2v) is 9.74. The molecule has 0 fully saturated rings. The summed E-state index contributed by atoms with van der Waals surface area (Å²) in [4.78, 5) is 26.4. The van der Waals surface area contributed by atoms with Gasteiger partial charge in [-0.2, -0.15) is 18.3 Å². The third kappa shape index (κ3) is 6.24. The molecule has 1 aromatic heterocycles. The normalized spacial score (nSPS) is 11.8. The molecule has 10 heteroatoms. The number of halogens is 3. The van der Waals surface area contributed by atoms with Crippen molar-refractivity contribution >= 4 is 23.4 Å². The Balaban J connectivity index is 1.79. The Kier molecular flexibility index (Phi) is 7.47. The minimum Gasteiger partial charge on any atom is -0.318 e. The summed E-state index contributed by atoms with van der Waals surface area (Å²) in [7, 11) is 1.33.